The molecule has 3 aromatic carbocycles. The Bertz CT molecular complexity index is 1780. The molecule has 0 spiro atoms. The number of carboxylic acids is 2. The van der Waals surface area contributed by atoms with Crippen molar-refractivity contribution in [2.75, 3.05) is 20.2 Å². The van der Waals surface area contributed by atoms with Gasteiger partial charge in [-0.25, -0.2) is 9.59 Å². The Morgan fingerprint density at radius 1 is 0.927 bits per heavy atom. The van der Waals surface area contributed by atoms with Crippen molar-refractivity contribution in [3.63, 3.8) is 0 Å². The van der Waals surface area contributed by atoms with E-state index in [2.05, 4.69) is 68.3 Å². The lowest BCUT2D eigenvalue weighted by Crippen LogP contribution is -2.45. The topological polar surface area (TPSA) is 134 Å². The number of benzene rings is 3. The van der Waals surface area contributed by atoms with Crippen molar-refractivity contribution in [1.29, 1.82) is 0 Å². The van der Waals surface area contributed by atoms with E-state index in [1.54, 1.807) is 0 Å². The summed E-state index contributed by atoms with van der Waals surface area (Å²) in [4.78, 5) is 33.0. The number of nitrogens with zero attached hydrogens (tertiary/aromatic N) is 1. The first kappa shape index (κ1) is 42.0. The van der Waals surface area contributed by atoms with Crippen LogP contribution in [-0.2, 0) is 35.9 Å². The molecule has 3 aromatic rings. The molecule has 1 heterocycles. The molecule has 3 N–H and O–H groups in total. The number of halogens is 1. The van der Waals surface area contributed by atoms with Crippen molar-refractivity contribution in [3.8, 4) is 5.75 Å². The van der Waals surface area contributed by atoms with Crippen LogP contribution in [0.4, 0.5) is 0 Å². The second-order valence-electron chi connectivity index (χ2n) is 15.8. The molecule has 55 heavy (non-hydrogen) atoms. The van der Waals surface area contributed by atoms with E-state index in [0.29, 0.717) is 41.7 Å². The fraction of sp³-hybridized carbons (Fsp3) is 0.489. The molecule has 2 saturated carbocycles. The normalized spacial score (nSPS) is 26.5. The minimum Gasteiger partial charge on any atom is -0.508 e. The van der Waals surface area contributed by atoms with Crippen molar-refractivity contribution in [2.45, 2.75) is 102 Å². The molecule has 7 unspecified atom stereocenters. The highest BCUT2D eigenvalue weighted by Crippen LogP contribution is 2.61. The Labute approximate surface area is 330 Å². The monoisotopic (exact) mass is 773 g/mol. The van der Waals surface area contributed by atoms with Gasteiger partial charge in [-0.2, -0.15) is 0 Å². The largest absolute Gasteiger partial charge is 0.508 e. The van der Waals surface area contributed by atoms with Crippen molar-refractivity contribution in [2.24, 2.45) is 17.3 Å². The number of likely N-dealkylation sites (tertiary alicyclic amines) is 1. The summed E-state index contributed by atoms with van der Waals surface area (Å²) in [5, 5.41) is 26.1. The molecule has 7 atom stereocenters. The van der Waals surface area contributed by atoms with Gasteiger partial charge in [-0.05, 0) is 143 Å². The molecular formula is C45H56ClNO8. The highest BCUT2D eigenvalue weighted by atomic mass is 35.5. The number of carbonyl (C=O) groups excluding carboxylic acids is 1. The maximum Gasteiger partial charge on any atom is 0.328 e. The van der Waals surface area contributed by atoms with Crippen LogP contribution in [0.25, 0.3) is 0 Å². The van der Waals surface area contributed by atoms with E-state index < -0.39 is 17.5 Å². The summed E-state index contributed by atoms with van der Waals surface area (Å²) in [6.45, 7) is 8.00. The molecule has 4 aliphatic rings. The molecule has 0 aromatic heterocycles. The number of esters is 1. The zero-order chi connectivity index (χ0) is 39.8. The first-order chi connectivity index (χ1) is 26.2. The van der Waals surface area contributed by atoms with Gasteiger partial charge in [0.2, 0.25) is 0 Å². The number of fused-ring (bicyclic) bond motifs is 5. The van der Waals surface area contributed by atoms with Gasteiger partial charge in [-0.3, -0.25) is 4.79 Å². The maximum atomic E-state index is 11.4. The minimum absolute atomic E-state index is 0.104. The van der Waals surface area contributed by atoms with Gasteiger partial charge in [0, 0.05) is 42.2 Å². The second kappa shape index (κ2) is 18.6. The number of hydrogen-bond acceptors (Lipinski definition) is 7. The van der Waals surface area contributed by atoms with Crippen molar-refractivity contribution < 1.29 is 39.2 Å². The second-order valence-corrected chi connectivity index (χ2v) is 16.3. The van der Waals surface area contributed by atoms with Gasteiger partial charge in [0.1, 0.15) is 17.5 Å². The van der Waals surface area contributed by atoms with Crippen LogP contribution in [0.5, 0.6) is 5.75 Å². The number of carbonyl (C=O) groups is 3. The predicted molar refractivity (Wildman–Crippen MR) is 213 cm³/mol. The van der Waals surface area contributed by atoms with Crippen molar-refractivity contribution in [1.82, 2.24) is 4.90 Å². The number of aryl methyl sites for hydroxylation is 1. The molecule has 0 bridgehead atoms. The third kappa shape index (κ3) is 10.4. The van der Waals surface area contributed by atoms with Gasteiger partial charge in [-0.1, -0.05) is 67.1 Å². The van der Waals surface area contributed by atoms with E-state index in [1.165, 1.54) is 62.3 Å². The lowest BCUT2D eigenvalue weighted by molar-refractivity contribution is -0.154. The van der Waals surface area contributed by atoms with Crippen molar-refractivity contribution >= 4 is 29.5 Å². The fourth-order valence-corrected chi connectivity index (χ4v) is 9.78. The predicted octanol–water partition coefficient (Wildman–Crippen LogP) is 9.00. The number of phenolic OH excluding ortho intramolecular Hbond substituents is 1. The summed E-state index contributed by atoms with van der Waals surface area (Å²) in [5.41, 5.74) is 4.80. The summed E-state index contributed by atoms with van der Waals surface area (Å²) >= 11 is 6.07. The van der Waals surface area contributed by atoms with Gasteiger partial charge in [-0.15, -0.1) is 0 Å². The molecular weight excluding hydrogens is 718 g/mol. The summed E-state index contributed by atoms with van der Waals surface area (Å²) < 4.78 is 12.2. The summed E-state index contributed by atoms with van der Waals surface area (Å²) in [6, 6.07) is 25.0. The maximum absolute atomic E-state index is 11.4. The molecule has 0 radical (unpaired) electrons. The highest BCUT2D eigenvalue weighted by Gasteiger charge is 2.56. The molecule has 1 saturated heterocycles. The Morgan fingerprint density at radius 2 is 1.60 bits per heavy atom. The van der Waals surface area contributed by atoms with Crippen LogP contribution in [0.15, 0.2) is 84.9 Å². The van der Waals surface area contributed by atoms with E-state index in [4.69, 9.17) is 31.3 Å². The van der Waals surface area contributed by atoms with E-state index in [0.717, 1.165) is 42.9 Å². The quantitative estimate of drug-likeness (QED) is 0.144. The van der Waals surface area contributed by atoms with E-state index >= 15 is 0 Å². The van der Waals surface area contributed by atoms with Crippen LogP contribution in [0, 0.1) is 17.3 Å². The van der Waals surface area contributed by atoms with E-state index in [-0.39, 0.29) is 17.5 Å². The van der Waals surface area contributed by atoms with Gasteiger partial charge >= 0.3 is 17.9 Å². The first-order valence-electron chi connectivity index (χ1n) is 19.5. The Morgan fingerprint density at radius 3 is 2.22 bits per heavy atom. The zero-order valence-electron chi connectivity index (χ0n) is 32.5. The number of carboxylic acid groups (broad SMARTS) is 2. The summed E-state index contributed by atoms with van der Waals surface area (Å²) in [5.74, 6) is -0.283. The molecule has 1 aliphatic heterocycles. The van der Waals surface area contributed by atoms with Crippen LogP contribution >= 0.6 is 11.6 Å². The van der Waals surface area contributed by atoms with Gasteiger partial charge < -0.3 is 29.7 Å². The fourth-order valence-electron chi connectivity index (χ4n) is 9.66. The molecule has 10 heteroatoms. The standard InChI is InChI=1S/C21H26ClNO.C20H26O3.C4H4O4/c1-21(17-7-4-3-5-8-17,18-10-12-19(22)13-11-18)24-16-14-20-9-6-15-23(20)2;1-12(21)23-19-8-7-18-17-5-3-13-11-14(22)4-6-15(13)16(17)9-10-20(18,19)2;5-3(6)1-2-4(7)8/h3-5,7-8,10-13,20H,6,9,14-16H2,1-2H3;4,6,11,16-19,22H,3,5,7-10H2,1-2H3;1-2H,(H,5,6)(H,7,8). The lowest BCUT2D eigenvalue weighted by atomic mass is 9.55. The van der Waals surface area contributed by atoms with Crippen molar-refractivity contribution in [3.05, 3.63) is 112 Å². The third-order valence-electron chi connectivity index (χ3n) is 12.5. The van der Waals surface area contributed by atoms with Crippen LogP contribution < -0.4 is 0 Å². The number of aliphatic carboxylic acids is 2. The molecule has 3 aliphatic carbocycles. The van der Waals surface area contributed by atoms with Crippen LogP contribution in [0.1, 0.15) is 100 Å². The van der Waals surface area contributed by atoms with Gasteiger partial charge in [0.15, 0.2) is 0 Å². The summed E-state index contributed by atoms with van der Waals surface area (Å²) in [6.07, 6.45) is 11.7. The number of ether oxygens (including phenoxy) is 2. The Kier molecular flexibility index (Phi) is 14.2. The number of rotatable bonds is 9. The molecule has 7 rings (SSSR count). The lowest BCUT2D eigenvalue weighted by Gasteiger charge is -2.50. The van der Waals surface area contributed by atoms with Crippen LogP contribution in [0.3, 0.4) is 0 Å². The Balaban J connectivity index is 0.000000177. The molecule has 9 nitrogen and oxygen atoms in total. The van der Waals surface area contributed by atoms with Crippen LogP contribution in [0.2, 0.25) is 5.02 Å². The number of phenols is 1. The average molecular weight is 774 g/mol. The van der Waals surface area contributed by atoms with Gasteiger partial charge in [0.25, 0.3) is 0 Å². The van der Waals surface area contributed by atoms with Crippen LogP contribution in [-0.4, -0.2) is 70.5 Å². The zero-order valence-corrected chi connectivity index (χ0v) is 33.2. The Hall–Kier alpha value is -4.18. The minimum atomic E-state index is -1.26. The number of aromatic hydroxyl groups is 1. The average Bonchev–Trinajstić information content (AvgIpc) is 3.72. The van der Waals surface area contributed by atoms with E-state index in [9.17, 15) is 19.5 Å². The smallest absolute Gasteiger partial charge is 0.328 e. The number of hydrogen-bond donors (Lipinski definition) is 3. The highest BCUT2D eigenvalue weighted by molar-refractivity contribution is 6.30. The molecule has 0 amide bonds. The summed E-state index contributed by atoms with van der Waals surface area (Å²) in [7, 11) is 2.22. The van der Waals surface area contributed by atoms with Gasteiger partial charge in [0.05, 0.1) is 0 Å². The van der Waals surface area contributed by atoms with E-state index in [1.807, 2.05) is 30.3 Å². The SMILES string of the molecule is CC(=O)OC1CCC2C3CCc4cc(O)ccc4C3CCC12C.CN1CCCC1CCOC(C)(c1ccccc1)c1ccc(Cl)cc1.O=C(O)C=CC(=O)O. The third-order valence-corrected chi connectivity index (χ3v) is 12.8. The first-order valence-corrected chi connectivity index (χ1v) is 19.9. The molecule has 3 fully saturated rings. The molecule has 296 valence electrons.